The predicted octanol–water partition coefficient (Wildman–Crippen LogP) is 7.23. The van der Waals surface area contributed by atoms with Crippen LogP contribution in [0, 0.1) is 0 Å². The monoisotopic (exact) mass is 794 g/mol. The van der Waals surface area contributed by atoms with Crippen LogP contribution in [-0.4, -0.2) is 31.4 Å². The number of allylic oxidation sites excluding steroid dienone is 1. The van der Waals surface area contributed by atoms with Crippen LogP contribution in [0.25, 0.3) is 6.08 Å². The highest BCUT2D eigenvalue weighted by molar-refractivity contribution is 9.11. The van der Waals surface area contributed by atoms with Gasteiger partial charge in [-0.05, 0) is 99.8 Å². The SMILES string of the molecule is CCOC(=O)C1=C(C)N=c2s/c(=C\c3cc(Br)c(OCc4ccc(Cl)cc4Cl)c(Br)c3)c(=O)n2[C@@H]1c1cc(OC)ccc1OC. The second-order valence-electron chi connectivity index (χ2n) is 9.75. The maximum atomic E-state index is 14.1. The van der Waals surface area contributed by atoms with Crippen LogP contribution in [0.3, 0.4) is 0 Å². The van der Waals surface area contributed by atoms with Crippen molar-refractivity contribution in [2.24, 2.45) is 4.99 Å². The second kappa shape index (κ2) is 14.1. The lowest BCUT2D eigenvalue weighted by Crippen LogP contribution is -2.40. The third-order valence-electron chi connectivity index (χ3n) is 6.95. The average molecular weight is 797 g/mol. The van der Waals surface area contributed by atoms with Crippen LogP contribution in [0.15, 0.2) is 78.5 Å². The van der Waals surface area contributed by atoms with E-state index in [-0.39, 0.29) is 24.3 Å². The van der Waals surface area contributed by atoms with Gasteiger partial charge in [-0.25, -0.2) is 9.79 Å². The molecule has 0 bridgehead atoms. The molecule has 0 saturated heterocycles. The van der Waals surface area contributed by atoms with Gasteiger partial charge in [0, 0.05) is 21.2 Å². The Balaban J connectivity index is 1.59. The van der Waals surface area contributed by atoms with Gasteiger partial charge in [0.05, 0.1) is 45.6 Å². The fourth-order valence-electron chi connectivity index (χ4n) is 4.88. The van der Waals surface area contributed by atoms with Crippen molar-refractivity contribution >= 4 is 78.4 Å². The highest BCUT2D eigenvalue weighted by Gasteiger charge is 2.35. The Morgan fingerprint density at radius 1 is 1.07 bits per heavy atom. The quantitative estimate of drug-likeness (QED) is 0.166. The van der Waals surface area contributed by atoms with Crippen molar-refractivity contribution in [3.63, 3.8) is 0 Å². The molecule has 0 saturated carbocycles. The number of fused-ring (bicyclic) bond motifs is 1. The fourth-order valence-corrected chi connectivity index (χ4v) is 7.84. The Kier molecular flexibility index (Phi) is 10.4. The summed E-state index contributed by atoms with van der Waals surface area (Å²) in [7, 11) is 3.08. The number of nitrogens with zero attached hydrogens (tertiary/aromatic N) is 2. The maximum Gasteiger partial charge on any atom is 0.338 e. The molecule has 8 nitrogen and oxygen atoms in total. The van der Waals surface area contributed by atoms with Crippen molar-refractivity contribution in [3.8, 4) is 17.2 Å². The summed E-state index contributed by atoms with van der Waals surface area (Å²) >= 11 is 20.7. The molecule has 13 heteroatoms. The van der Waals surface area contributed by atoms with Gasteiger partial charge in [-0.15, -0.1) is 0 Å². The van der Waals surface area contributed by atoms with E-state index in [1.165, 1.54) is 23.0 Å². The molecule has 1 aliphatic rings. The average Bonchev–Trinajstić information content (AvgIpc) is 3.30. The van der Waals surface area contributed by atoms with E-state index in [9.17, 15) is 9.59 Å². The Bertz CT molecular complexity index is 2000. The Hall–Kier alpha value is -3.09. The van der Waals surface area contributed by atoms with E-state index in [1.54, 1.807) is 57.4 Å². The van der Waals surface area contributed by atoms with Gasteiger partial charge in [-0.1, -0.05) is 40.6 Å². The third-order valence-corrected chi connectivity index (χ3v) is 9.70. The van der Waals surface area contributed by atoms with Gasteiger partial charge in [-0.2, -0.15) is 0 Å². The molecular formula is C32H26Br2Cl2N2O6S. The van der Waals surface area contributed by atoms with Crippen molar-refractivity contribution in [3.05, 3.63) is 115 Å². The second-order valence-corrected chi connectivity index (χ2v) is 13.3. The first-order chi connectivity index (χ1) is 21.6. The number of benzene rings is 3. The molecule has 0 amide bonds. The van der Waals surface area contributed by atoms with Crippen LogP contribution in [0.5, 0.6) is 17.2 Å². The largest absolute Gasteiger partial charge is 0.497 e. The zero-order valence-electron chi connectivity index (χ0n) is 24.5. The molecule has 2 heterocycles. The number of hydrogen-bond acceptors (Lipinski definition) is 8. The van der Waals surface area contributed by atoms with Gasteiger partial charge in [0.25, 0.3) is 5.56 Å². The van der Waals surface area contributed by atoms with Crippen LogP contribution < -0.4 is 29.1 Å². The molecule has 0 N–H and O–H groups in total. The van der Waals surface area contributed by atoms with E-state index < -0.39 is 12.0 Å². The topological polar surface area (TPSA) is 88.4 Å². The summed E-state index contributed by atoms with van der Waals surface area (Å²) in [6.07, 6.45) is 1.77. The summed E-state index contributed by atoms with van der Waals surface area (Å²) in [5.41, 5.74) is 2.44. The first-order valence-electron chi connectivity index (χ1n) is 13.5. The number of carbonyl (C=O) groups excluding carboxylic acids is 1. The van der Waals surface area contributed by atoms with Crippen molar-refractivity contribution in [2.75, 3.05) is 20.8 Å². The Morgan fingerprint density at radius 2 is 1.80 bits per heavy atom. The van der Waals surface area contributed by atoms with E-state index in [0.717, 1.165) is 11.1 Å². The summed E-state index contributed by atoms with van der Waals surface area (Å²) in [6, 6.07) is 13.3. The smallest absolute Gasteiger partial charge is 0.338 e. The summed E-state index contributed by atoms with van der Waals surface area (Å²) in [5.74, 6) is 1.03. The van der Waals surface area contributed by atoms with Gasteiger partial charge >= 0.3 is 5.97 Å². The number of aromatic nitrogens is 1. The fraction of sp³-hybridized carbons (Fsp3) is 0.219. The summed E-state index contributed by atoms with van der Waals surface area (Å²) in [5, 5.41) is 1.05. The number of thiazole rings is 1. The minimum atomic E-state index is -0.860. The zero-order valence-corrected chi connectivity index (χ0v) is 30.0. The maximum absolute atomic E-state index is 14.1. The lowest BCUT2D eigenvalue weighted by Gasteiger charge is -2.26. The molecule has 1 aromatic heterocycles. The van der Waals surface area contributed by atoms with E-state index in [1.807, 2.05) is 18.2 Å². The number of methoxy groups -OCH3 is 2. The predicted molar refractivity (Wildman–Crippen MR) is 183 cm³/mol. The zero-order chi connectivity index (χ0) is 32.4. The molecule has 0 aliphatic carbocycles. The molecule has 0 spiro atoms. The molecular weight excluding hydrogens is 771 g/mol. The van der Waals surface area contributed by atoms with Gasteiger partial charge < -0.3 is 18.9 Å². The molecule has 1 atom stereocenters. The van der Waals surface area contributed by atoms with E-state index in [2.05, 4.69) is 36.9 Å². The minimum Gasteiger partial charge on any atom is -0.497 e. The number of esters is 1. The minimum absolute atomic E-state index is 0.165. The molecule has 0 unspecified atom stereocenters. The highest BCUT2D eigenvalue weighted by Crippen LogP contribution is 2.38. The van der Waals surface area contributed by atoms with Gasteiger partial charge in [-0.3, -0.25) is 9.36 Å². The lowest BCUT2D eigenvalue weighted by atomic mass is 9.94. The number of halogens is 4. The van der Waals surface area contributed by atoms with Crippen molar-refractivity contribution in [1.82, 2.24) is 4.57 Å². The van der Waals surface area contributed by atoms with Gasteiger partial charge in [0.1, 0.15) is 29.9 Å². The van der Waals surface area contributed by atoms with Crippen LogP contribution in [0.2, 0.25) is 10.0 Å². The highest BCUT2D eigenvalue weighted by atomic mass is 79.9. The molecule has 5 rings (SSSR count). The number of ether oxygens (including phenoxy) is 4. The lowest BCUT2D eigenvalue weighted by molar-refractivity contribution is -0.139. The molecule has 4 aromatic rings. The van der Waals surface area contributed by atoms with Crippen molar-refractivity contribution < 1.29 is 23.7 Å². The Morgan fingerprint density at radius 3 is 2.44 bits per heavy atom. The summed E-state index contributed by atoms with van der Waals surface area (Å²) in [6.45, 7) is 3.84. The van der Waals surface area contributed by atoms with Crippen LogP contribution >= 0.6 is 66.4 Å². The molecule has 1 aliphatic heterocycles. The van der Waals surface area contributed by atoms with Crippen LogP contribution in [0.4, 0.5) is 0 Å². The number of hydrogen-bond donors (Lipinski definition) is 0. The van der Waals surface area contributed by atoms with E-state index in [4.69, 9.17) is 42.1 Å². The van der Waals surface area contributed by atoms with E-state index >= 15 is 0 Å². The van der Waals surface area contributed by atoms with Gasteiger partial charge in [0.2, 0.25) is 0 Å². The molecule has 0 radical (unpaired) electrons. The third kappa shape index (κ3) is 6.88. The normalized spacial score (nSPS) is 14.6. The van der Waals surface area contributed by atoms with Gasteiger partial charge in [0.15, 0.2) is 4.80 Å². The number of rotatable bonds is 9. The first-order valence-corrected chi connectivity index (χ1v) is 16.7. The molecule has 234 valence electrons. The number of carbonyl (C=O) groups is 1. The molecule has 45 heavy (non-hydrogen) atoms. The van der Waals surface area contributed by atoms with E-state index in [0.29, 0.717) is 56.8 Å². The van der Waals surface area contributed by atoms with Crippen LogP contribution in [-0.2, 0) is 16.1 Å². The summed E-state index contributed by atoms with van der Waals surface area (Å²) in [4.78, 5) is 32.5. The van der Waals surface area contributed by atoms with Crippen molar-refractivity contribution in [2.45, 2.75) is 26.5 Å². The summed E-state index contributed by atoms with van der Waals surface area (Å²) < 4.78 is 25.8. The van der Waals surface area contributed by atoms with Crippen molar-refractivity contribution in [1.29, 1.82) is 0 Å². The molecule has 3 aromatic carbocycles. The first kappa shape index (κ1) is 33.3. The Labute approximate surface area is 289 Å². The molecule has 0 fully saturated rings. The van der Waals surface area contributed by atoms with Crippen LogP contribution in [0.1, 0.15) is 36.6 Å². The standard InChI is InChI=1S/C32H26Br2Cl2N2O6S/c1-5-43-31(40)27-16(2)37-32-38(28(27)21-14-20(41-3)8-9-25(21)42-4)30(39)26(45-32)12-17-10-22(33)29(23(34)11-17)44-15-18-6-7-19(35)13-24(18)36/h6-14,28H,5,15H2,1-4H3/b26-12-/t28-/m1/s1.